The van der Waals surface area contributed by atoms with Crippen molar-refractivity contribution in [2.24, 2.45) is 0 Å². The van der Waals surface area contributed by atoms with E-state index in [-0.39, 0.29) is 6.61 Å². The fourth-order valence-electron chi connectivity index (χ4n) is 1.20. The lowest BCUT2D eigenvalue weighted by Crippen LogP contribution is -2.05. The van der Waals surface area contributed by atoms with Crippen molar-refractivity contribution in [1.82, 2.24) is 9.97 Å². The van der Waals surface area contributed by atoms with Gasteiger partial charge in [-0.15, -0.1) is 0 Å². The van der Waals surface area contributed by atoms with Gasteiger partial charge in [-0.2, -0.15) is 0 Å². The molecule has 4 nitrogen and oxygen atoms in total. The summed E-state index contributed by atoms with van der Waals surface area (Å²) in [5.74, 6) is -0.411. The van der Waals surface area contributed by atoms with Crippen LogP contribution in [0.3, 0.4) is 0 Å². The third-order valence-electron chi connectivity index (χ3n) is 2.03. The van der Waals surface area contributed by atoms with Crippen LogP contribution in [0, 0.1) is 0 Å². The van der Waals surface area contributed by atoms with Crippen LogP contribution >= 0.6 is 27.5 Å². The number of halogens is 2. The van der Waals surface area contributed by atoms with Crippen molar-refractivity contribution in [3.63, 3.8) is 0 Å². The summed E-state index contributed by atoms with van der Waals surface area (Å²) < 4.78 is 5.90. The second-order valence-electron chi connectivity index (χ2n) is 3.30. The van der Waals surface area contributed by atoms with E-state index in [9.17, 15) is 4.79 Å². The number of nitrogens with zero attached hydrogens (tertiary/aromatic N) is 1. The highest BCUT2D eigenvalue weighted by atomic mass is 79.9. The SMILES string of the molecule is O=C(OCc1ccc(Cl)nc1)c1cc(Br)c[nH]1. The molecule has 0 fully saturated rings. The lowest BCUT2D eigenvalue weighted by Gasteiger charge is -2.03. The number of ether oxygens (including phenoxy) is 1. The van der Waals surface area contributed by atoms with Gasteiger partial charge in [0.2, 0.25) is 0 Å². The standard InChI is InChI=1S/C11H8BrClN2O2/c12-8-3-9(14-5-8)11(16)17-6-7-1-2-10(13)15-4-7/h1-5,14H,6H2. The maximum absolute atomic E-state index is 11.6. The van der Waals surface area contributed by atoms with Crippen LogP contribution in [0.1, 0.15) is 16.1 Å². The minimum absolute atomic E-state index is 0.166. The molecule has 1 N–H and O–H groups in total. The van der Waals surface area contributed by atoms with Crippen LogP contribution < -0.4 is 0 Å². The molecule has 2 aromatic rings. The van der Waals surface area contributed by atoms with Crippen LogP contribution in [0.5, 0.6) is 0 Å². The Bertz CT molecular complexity index is 525. The van der Waals surface area contributed by atoms with Gasteiger partial charge >= 0.3 is 5.97 Å². The number of hydrogen-bond donors (Lipinski definition) is 1. The molecule has 88 valence electrons. The average molecular weight is 316 g/mol. The Morgan fingerprint density at radius 1 is 1.53 bits per heavy atom. The summed E-state index contributed by atoms with van der Waals surface area (Å²) in [6, 6.07) is 5.06. The Morgan fingerprint density at radius 2 is 2.35 bits per heavy atom. The van der Waals surface area contributed by atoms with Crippen LogP contribution in [-0.4, -0.2) is 15.9 Å². The summed E-state index contributed by atoms with van der Waals surface area (Å²) in [6.45, 7) is 0.166. The number of rotatable bonds is 3. The van der Waals surface area contributed by atoms with Crippen molar-refractivity contribution in [3.05, 3.63) is 51.5 Å². The molecule has 17 heavy (non-hydrogen) atoms. The van der Waals surface area contributed by atoms with Crippen LogP contribution in [0.4, 0.5) is 0 Å². The van der Waals surface area contributed by atoms with Gasteiger partial charge in [-0.3, -0.25) is 0 Å². The van der Waals surface area contributed by atoms with Gasteiger partial charge < -0.3 is 9.72 Å². The quantitative estimate of drug-likeness (QED) is 0.699. The number of aromatic amines is 1. The number of nitrogens with one attached hydrogen (secondary N) is 1. The zero-order valence-corrected chi connectivity index (χ0v) is 11.0. The third-order valence-corrected chi connectivity index (χ3v) is 2.71. The Labute approximate surface area is 111 Å². The molecular weight excluding hydrogens is 307 g/mol. The van der Waals surface area contributed by atoms with Crippen LogP contribution in [0.2, 0.25) is 5.15 Å². The second-order valence-corrected chi connectivity index (χ2v) is 4.60. The first-order valence-electron chi connectivity index (χ1n) is 4.76. The molecule has 0 saturated heterocycles. The summed E-state index contributed by atoms with van der Waals surface area (Å²) >= 11 is 8.88. The van der Waals surface area contributed by atoms with Crippen molar-refractivity contribution in [3.8, 4) is 0 Å². The van der Waals surface area contributed by atoms with E-state index in [0.717, 1.165) is 10.0 Å². The zero-order valence-electron chi connectivity index (χ0n) is 8.61. The van der Waals surface area contributed by atoms with E-state index in [1.165, 1.54) is 0 Å². The van der Waals surface area contributed by atoms with Crippen molar-refractivity contribution in [2.75, 3.05) is 0 Å². The Morgan fingerprint density at radius 3 is 2.94 bits per heavy atom. The molecule has 6 heteroatoms. The molecule has 2 aromatic heterocycles. The predicted molar refractivity (Wildman–Crippen MR) is 66.9 cm³/mol. The summed E-state index contributed by atoms with van der Waals surface area (Å²) in [5, 5.41) is 0.411. The summed E-state index contributed by atoms with van der Waals surface area (Å²) in [7, 11) is 0. The highest BCUT2D eigenvalue weighted by molar-refractivity contribution is 9.10. The molecule has 0 atom stereocenters. The minimum atomic E-state index is -0.411. The number of H-pyrrole nitrogens is 1. The topological polar surface area (TPSA) is 55.0 Å². The van der Waals surface area contributed by atoms with Gasteiger partial charge in [-0.05, 0) is 28.1 Å². The van der Waals surface area contributed by atoms with E-state index in [1.807, 2.05) is 0 Å². The number of aromatic nitrogens is 2. The molecule has 0 aliphatic rings. The number of esters is 1. The van der Waals surface area contributed by atoms with Crippen molar-refractivity contribution < 1.29 is 9.53 Å². The summed E-state index contributed by atoms with van der Waals surface area (Å²) in [6.07, 6.45) is 3.24. The first-order chi connectivity index (χ1) is 8.15. The van der Waals surface area contributed by atoms with Crippen LogP contribution in [0.15, 0.2) is 35.1 Å². The van der Waals surface area contributed by atoms with Gasteiger partial charge in [0.1, 0.15) is 17.5 Å². The number of carbonyl (C=O) groups is 1. The Kier molecular flexibility index (Phi) is 3.81. The van der Waals surface area contributed by atoms with Gasteiger partial charge in [0.05, 0.1) is 0 Å². The first kappa shape index (κ1) is 12.1. The molecule has 2 rings (SSSR count). The predicted octanol–water partition coefficient (Wildman–Crippen LogP) is 3.18. The largest absolute Gasteiger partial charge is 0.456 e. The Hall–Kier alpha value is -1.33. The number of carbonyl (C=O) groups excluding carboxylic acids is 1. The van der Waals surface area contributed by atoms with E-state index in [2.05, 4.69) is 25.9 Å². The highest BCUT2D eigenvalue weighted by Crippen LogP contribution is 2.12. The number of hydrogen-bond acceptors (Lipinski definition) is 3. The van der Waals surface area contributed by atoms with Crippen LogP contribution in [0.25, 0.3) is 0 Å². The van der Waals surface area contributed by atoms with Gasteiger partial charge in [0.25, 0.3) is 0 Å². The zero-order chi connectivity index (χ0) is 12.3. The fraction of sp³-hybridized carbons (Fsp3) is 0.0909. The van der Waals surface area contributed by atoms with Gasteiger partial charge in [0.15, 0.2) is 0 Å². The molecule has 0 bridgehead atoms. The second kappa shape index (κ2) is 5.33. The molecule has 0 unspecified atom stereocenters. The molecule has 0 radical (unpaired) electrons. The summed E-state index contributed by atoms with van der Waals surface area (Å²) in [5.41, 5.74) is 1.19. The molecule has 0 aliphatic heterocycles. The molecule has 2 heterocycles. The third kappa shape index (κ3) is 3.31. The van der Waals surface area contributed by atoms with E-state index in [4.69, 9.17) is 16.3 Å². The van der Waals surface area contributed by atoms with Gasteiger partial charge in [-0.25, -0.2) is 9.78 Å². The monoisotopic (exact) mass is 314 g/mol. The van der Waals surface area contributed by atoms with Gasteiger partial charge in [-0.1, -0.05) is 17.7 Å². The molecule has 0 saturated carbocycles. The molecule has 0 spiro atoms. The molecule has 0 amide bonds. The normalized spacial score (nSPS) is 10.2. The maximum atomic E-state index is 11.6. The number of pyridine rings is 1. The lowest BCUT2D eigenvalue weighted by molar-refractivity contribution is 0.0466. The van der Waals surface area contributed by atoms with E-state index >= 15 is 0 Å². The fourth-order valence-corrected chi connectivity index (χ4v) is 1.66. The summed E-state index contributed by atoms with van der Waals surface area (Å²) in [4.78, 5) is 18.3. The average Bonchev–Trinajstić information content (AvgIpc) is 2.75. The Balaban J connectivity index is 1.94. The molecular formula is C11H8BrClN2O2. The minimum Gasteiger partial charge on any atom is -0.456 e. The van der Waals surface area contributed by atoms with Crippen LogP contribution in [-0.2, 0) is 11.3 Å². The lowest BCUT2D eigenvalue weighted by atomic mass is 10.3. The molecule has 0 aromatic carbocycles. The molecule has 0 aliphatic carbocycles. The first-order valence-corrected chi connectivity index (χ1v) is 5.94. The highest BCUT2D eigenvalue weighted by Gasteiger charge is 2.09. The van der Waals surface area contributed by atoms with E-state index < -0.39 is 5.97 Å². The smallest absolute Gasteiger partial charge is 0.355 e. The van der Waals surface area contributed by atoms with Crippen molar-refractivity contribution in [1.29, 1.82) is 0 Å². The van der Waals surface area contributed by atoms with Crippen molar-refractivity contribution >= 4 is 33.5 Å². The van der Waals surface area contributed by atoms with E-state index in [0.29, 0.717) is 10.8 Å². The maximum Gasteiger partial charge on any atom is 0.355 e. The van der Waals surface area contributed by atoms with Crippen molar-refractivity contribution in [2.45, 2.75) is 6.61 Å². The van der Waals surface area contributed by atoms with Gasteiger partial charge in [0, 0.05) is 22.4 Å². The van der Waals surface area contributed by atoms with E-state index in [1.54, 1.807) is 30.6 Å².